The third-order valence-electron chi connectivity index (χ3n) is 5.02. The number of aliphatic hydroxyl groups excluding tert-OH is 1. The average Bonchev–Trinajstić information content (AvgIpc) is 3.20. The highest BCUT2D eigenvalue weighted by molar-refractivity contribution is 7.14. The number of hydrogen-bond acceptors (Lipinski definition) is 8. The van der Waals surface area contributed by atoms with Crippen molar-refractivity contribution < 1.29 is 24.2 Å². The van der Waals surface area contributed by atoms with Crippen LogP contribution in [0.15, 0.2) is 35.6 Å². The molecule has 0 radical (unpaired) electrons. The molecule has 0 spiro atoms. The molecule has 170 valence electrons. The number of amides is 2. The van der Waals surface area contributed by atoms with Crippen molar-refractivity contribution in [2.45, 2.75) is 19.9 Å². The molecule has 0 saturated heterocycles. The second kappa shape index (κ2) is 9.49. The summed E-state index contributed by atoms with van der Waals surface area (Å²) in [4.78, 5) is 45.4. The molecule has 32 heavy (non-hydrogen) atoms. The van der Waals surface area contributed by atoms with Gasteiger partial charge in [0.1, 0.15) is 5.75 Å². The van der Waals surface area contributed by atoms with Gasteiger partial charge in [-0.1, -0.05) is 12.1 Å². The van der Waals surface area contributed by atoms with Gasteiger partial charge in [-0.3, -0.25) is 14.4 Å². The van der Waals surface area contributed by atoms with E-state index in [4.69, 9.17) is 10.5 Å². The molecule has 1 unspecified atom stereocenters. The number of nitrogens with zero attached hydrogens (tertiary/aromatic N) is 3. The average molecular weight is 459 g/mol. The topological polar surface area (TPSA) is 126 Å². The zero-order chi connectivity index (χ0) is 23.6. The number of carbonyl (C=O) groups excluding carboxylic acids is 3. The fourth-order valence-corrected chi connectivity index (χ4v) is 4.41. The second-order valence-corrected chi connectivity index (χ2v) is 8.97. The molecule has 2 amide bonds. The van der Waals surface area contributed by atoms with Gasteiger partial charge in [0.2, 0.25) is 5.78 Å². The van der Waals surface area contributed by atoms with Crippen molar-refractivity contribution in [1.29, 1.82) is 0 Å². The van der Waals surface area contributed by atoms with Crippen molar-refractivity contribution >= 4 is 28.9 Å². The van der Waals surface area contributed by atoms with Crippen molar-refractivity contribution in [3.63, 3.8) is 0 Å². The van der Waals surface area contributed by atoms with E-state index in [9.17, 15) is 19.5 Å². The highest BCUT2D eigenvalue weighted by atomic mass is 32.1. The SMILES string of the molecule is Cc1nc(C)c(C(=O)C2=C(O)C(=O)N(CCN(C)C)C2c2ccc(OCC(N)=O)cc2)s1. The normalized spacial score (nSPS) is 16.2. The number of aryl methyl sites for hydroxylation is 2. The number of hydrogen-bond donors (Lipinski definition) is 2. The van der Waals surface area contributed by atoms with Crippen LogP contribution >= 0.6 is 11.3 Å². The lowest BCUT2D eigenvalue weighted by Gasteiger charge is -2.28. The van der Waals surface area contributed by atoms with Gasteiger partial charge >= 0.3 is 0 Å². The zero-order valence-corrected chi connectivity index (χ0v) is 19.2. The van der Waals surface area contributed by atoms with Gasteiger partial charge in [0.15, 0.2) is 12.4 Å². The molecule has 2 heterocycles. The maximum absolute atomic E-state index is 13.4. The van der Waals surface area contributed by atoms with Gasteiger partial charge < -0.3 is 25.4 Å². The molecule has 0 fully saturated rings. The molecule has 2 aromatic rings. The number of carbonyl (C=O) groups is 3. The Balaban J connectivity index is 2.01. The molecule has 0 aliphatic carbocycles. The number of likely N-dealkylation sites (N-methyl/N-ethyl adjacent to an activating group) is 1. The van der Waals surface area contributed by atoms with Crippen molar-refractivity contribution in [2.75, 3.05) is 33.8 Å². The molecule has 10 heteroatoms. The lowest BCUT2D eigenvalue weighted by molar-refractivity contribution is -0.129. The Morgan fingerprint density at radius 2 is 1.91 bits per heavy atom. The summed E-state index contributed by atoms with van der Waals surface area (Å²) in [5.41, 5.74) is 6.34. The van der Waals surface area contributed by atoms with Crippen molar-refractivity contribution in [2.24, 2.45) is 5.73 Å². The number of aromatic nitrogens is 1. The molecule has 0 saturated carbocycles. The maximum Gasteiger partial charge on any atom is 0.290 e. The number of thiazole rings is 1. The minimum atomic E-state index is -0.762. The number of primary amides is 1. The lowest BCUT2D eigenvalue weighted by Crippen LogP contribution is -2.36. The molecule has 1 atom stereocenters. The number of aliphatic hydroxyl groups is 1. The van der Waals surface area contributed by atoms with Crippen LogP contribution in [0.5, 0.6) is 5.75 Å². The van der Waals surface area contributed by atoms with Crippen LogP contribution < -0.4 is 10.5 Å². The number of Topliss-reactive ketones (excluding diaryl/α,β-unsaturated/α-hetero) is 1. The Labute approximate surface area is 190 Å². The van der Waals surface area contributed by atoms with Gasteiger partial charge in [0.05, 0.1) is 27.2 Å². The smallest absolute Gasteiger partial charge is 0.290 e. The Morgan fingerprint density at radius 1 is 1.25 bits per heavy atom. The summed E-state index contributed by atoms with van der Waals surface area (Å²) in [7, 11) is 3.76. The molecule has 3 N–H and O–H groups in total. The van der Waals surface area contributed by atoms with Crippen LogP contribution in [0.1, 0.15) is 32.0 Å². The first-order valence-electron chi connectivity index (χ1n) is 9.98. The predicted molar refractivity (Wildman–Crippen MR) is 120 cm³/mol. The largest absolute Gasteiger partial charge is 0.503 e. The first-order chi connectivity index (χ1) is 15.1. The number of nitrogens with two attached hydrogens (primary N) is 1. The third-order valence-corrected chi connectivity index (χ3v) is 6.09. The van der Waals surface area contributed by atoms with E-state index in [0.717, 1.165) is 5.01 Å². The van der Waals surface area contributed by atoms with Crippen LogP contribution in [0.3, 0.4) is 0 Å². The van der Waals surface area contributed by atoms with E-state index in [0.29, 0.717) is 35.0 Å². The van der Waals surface area contributed by atoms with E-state index >= 15 is 0 Å². The standard InChI is InChI=1S/C22H26N4O5S/c1-12-21(32-13(2)24-12)19(28)17-18(26(10-9-25(3)4)22(30)20(17)29)14-5-7-15(8-6-14)31-11-16(23)27/h5-8,18,29H,9-11H2,1-4H3,(H2,23,27). The molecule has 0 bridgehead atoms. The molecular formula is C22H26N4O5S. The second-order valence-electron chi connectivity index (χ2n) is 7.77. The number of ether oxygens (including phenoxy) is 1. The van der Waals surface area contributed by atoms with E-state index in [2.05, 4.69) is 4.98 Å². The van der Waals surface area contributed by atoms with E-state index in [1.807, 2.05) is 19.0 Å². The van der Waals surface area contributed by atoms with Crippen LogP contribution in [0, 0.1) is 13.8 Å². The Kier molecular flexibility index (Phi) is 6.95. The summed E-state index contributed by atoms with van der Waals surface area (Å²) in [6.45, 7) is 4.14. The van der Waals surface area contributed by atoms with Gasteiger partial charge in [-0.15, -0.1) is 11.3 Å². The minimum Gasteiger partial charge on any atom is -0.503 e. The van der Waals surface area contributed by atoms with Crippen LogP contribution in [0.4, 0.5) is 0 Å². The Hall–Kier alpha value is -3.24. The molecule has 3 rings (SSSR count). The first-order valence-corrected chi connectivity index (χ1v) is 10.8. The van der Waals surface area contributed by atoms with Crippen molar-refractivity contribution in [3.05, 3.63) is 56.7 Å². The van der Waals surface area contributed by atoms with E-state index in [1.54, 1.807) is 38.1 Å². The summed E-state index contributed by atoms with van der Waals surface area (Å²) in [5.74, 6) is -1.72. The van der Waals surface area contributed by atoms with Crippen LogP contribution in [0.2, 0.25) is 0 Å². The summed E-state index contributed by atoms with van der Waals surface area (Å²) >= 11 is 1.23. The van der Waals surface area contributed by atoms with Gasteiger partial charge in [-0.2, -0.15) is 0 Å². The quantitative estimate of drug-likeness (QED) is 0.548. The molecule has 1 aromatic heterocycles. The summed E-state index contributed by atoms with van der Waals surface area (Å²) in [6.07, 6.45) is 0. The van der Waals surface area contributed by atoms with Crippen LogP contribution in [-0.2, 0) is 9.59 Å². The van der Waals surface area contributed by atoms with E-state index < -0.39 is 29.4 Å². The predicted octanol–water partition coefficient (Wildman–Crippen LogP) is 1.76. The molecule has 1 aliphatic rings. The zero-order valence-electron chi connectivity index (χ0n) is 18.4. The minimum absolute atomic E-state index is 0.0336. The first kappa shape index (κ1) is 23.4. The van der Waals surface area contributed by atoms with E-state index in [-0.39, 0.29) is 12.2 Å². The fourth-order valence-electron chi connectivity index (χ4n) is 3.54. The third kappa shape index (κ3) is 4.81. The molecule has 1 aliphatic heterocycles. The van der Waals surface area contributed by atoms with E-state index in [1.165, 1.54) is 16.2 Å². The summed E-state index contributed by atoms with van der Waals surface area (Å²) in [6, 6.07) is 5.90. The molecular weight excluding hydrogens is 432 g/mol. The number of benzene rings is 1. The van der Waals surface area contributed by atoms with Crippen molar-refractivity contribution in [1.82, 2.24) is 14.8 Å². The number of rotatable bonds is 9. The number of ketones is 1. The molecule has 1 aromatic carbocycles. The Morgan fingerprint density at radius 3 is 2.44 bits per heavy atom. The highest BCUT2D eigenvalue weighted by Crippen LogP contribution is 2.40. The maximum atomic E-state index is 13.4. The lowest BCUT2D eigenvalue weighted by atomic mass is 9.95. The van der Waals surface area contributed by atoms with Crippen LogP contribution in [0.25, 0.3) is 0 Å². The highest BCUT2D eigenvalue weighted by Gasteiger charge is 2.44. The van der Waals surface area contributed by atoms with Crippen LogP contribution in [-0.4, -0.2) is 71.3 Å². The monoisotopic (exact) mass is 458 g/mol. The summed E-state index contributed by atoms with van der Waals surface area (Å²) < 4.78 is 5.30. The molecule has 9 nitrogen and oxygen atoms in total. The van der Waals surface area contributed by atoms with Crippen molar-refractivity contribution in [3.8, 4) is 5.75 Å². The Bertz CT molecular complexity index is 1070. The van der Waals surface area contributed by atoms with Gasteiger partial charge in [-0.25, -0.2) is 4.98 Å². The van der Waals surface area contributed by atoms with Gasteiger partial charge in [0.25, 0.3) is 11.8 Å². The van der Waals surface area contributed by atoms with Gasteiger partial charge in [-0.05, 0) is 45.6 Å². The van der Waals surface area contributed by atoms with Gasteiger partial charge in [0, 0.05) is 13.1 Å². The fraction of sp³-hybridized carbons (Fsp3) is 0.364. The summed E-state index contributed by atoms with van der Waals surface area (Å²) in [5, 5.41) is 11.4.